The molecule has 0 bridgehead atoms. The van der Waals surface area contributed by atoms with E-state index in [0.717, 1.165) is 12.1 Å². The molecule has 16 heavy (non-hydrogen) atoms. The van der Waals surface area contributed by atoms with Crippen LogP contribution < -0.4 is 0 Å². The molecular formula is C10H5F2NO3. The van der Waals surface area contributed by atoms with E-state index in [1.807, 2.05) is 0 Å². The van der Waals surface area contributed by atoms with Gasteiger partial charge in [0.15, 0.2) is 0 Å². The first-order valence-corrected chi connectivity index (χ1v) is 4.12. The van der Waals surface area contributed by atoms with Crippen molar-refractivity contribution >= 4 is 12.0 Å². The van der Waals surface area contributed by atoms with E-state index in [1.54, 1.807) is 0 Å². The van der Waals surface area contributed by atoms with E-state index in [4.69, 9.17) is 0 Å². The van der Waals surface area contributed by atoms with Gasteiger partial charge >= 0.3 is 5.69 Å². The Labute approximate surface area is 89.0 Å². The summed E-state index contributed by atoms with van der Waals surface area (Å²) in [6, 6.07) is 1.50. The predicted octanol–water partition coefficient (Wildman–Crippen LogP) is 1.81. The molecule has 0 atom stereocenters. The number of halogens is 2. The van der Waals surface area contributed by atoms with Gasteiger partial charge in [0.25, 0.3) is 0 Å². The van der Waals surface area contributed by atoms with Crippen molar-refractivity contribution in [2.75, 3.05) is 0 Å². The minimum Gasteiger partial charge on any atom is -0.302 e. The van der Waals surface area contributed by atoms with Gasteiger partial charge in [-0.25, -0.2) is 0 Å². The maximum atomic E-state index is 13.1. The van der Waals surface area contributed by atoms with Gasteiger partial charge in [0.2, 0.25) is 11.6 Å². The molecule has 1 aromatic carbocycles. The lowest BCUT2D eigenvalue weighted by molar-refractivity contribution is -0.390. The Hall–Kier alpha value is -2.29. The van der Waals surface area contributed by atoms with Gasteiger partial charge in [-0.1, -0.05) is 11.8 Å². The van der Waals surface area contributed by atoms with Crippen molar-refractivity contribution in [2.24, 2.45) is 0 Å². The number of carbonyl (C=O) groups is 1. The van der Waals surface area contributed by atoms with Gasteiger partial charge in [-0.2, -0.15) is 8.78 Å². The third-order valence-corrected chi connectivity index (χ3v) is 1.62. The highest BCUT2D eigenvalue weighted by molar-refractivity contribution is 5.55. The first-order valence-electron chi connectivity index (χ1n) is 4.12. The Morgan fingerprint density at radius 1 is 1.38 bits per heavy atom. The van der Waals surface area contributed by atoms with Crippen LogP contribution in [0.15, 0.2) is 12.1 Å². The topological polar surface area (TPSA) is 60.2 Å². The van der Waals surface area contributed by atoms with Crippen molar-refractivity contribution in [3.05, 3.63) is 39.4 Å². The molecule has 0 saturated heterocycles. The largest absolute Gasteiger partial charge is 0.340 e. The predicted molar refractivity (Wildman–Crippen MR) is 50.6 cm³/mol. The van der Waals surface area contributed by atoms with Crippen molar-refractivity contribution in [1.82, 2.24) is 0 Å². The molecule has 0 fully saturated rings. The first kappa shape index (κ1) is 11.8. The van der Waals surface area contributed by atoms with E-state index in [1.165, 1.54) is 0 Å². The van der Waals surface area contributed by atoms with Crippen LogP contribution in [0, 0.1) is 33.6 Å². The zero-order chi connectivity index (χ0) is 12.1. The minimum absolute atomic E-state index is 0.0533. The second-order valence-corrected chi connectivity index (χ2v) is 2.72. The molecule has 0 heterocycles. The molecule has 0 N–H and O–H groups in total. The average molecular weight is 225 g/mol. The lowest BCUT2D eigenvalue weighted by Gasteiger charge is -1.96. The van der Waals surface area contributed by atoms with Gasteiger partial charge in [0, 0.05) is 5.56 Å². The van der Waals surface area contributed by atoms with E-state index in [-0.39, 0.29) is 12.0 Å². The van der Waals surface area contributed by atoms with Crippen LogP contribution in [-0.2, 0) is 4.79 Å². The number of carbonyl (C=O) groups excluding carboxylic acids is 1. The van der Waals surface area contributed by atoms with Crippen molar-refractivity contribution in [3.63, 3.8) is 0 Å². The fraction of sp³-hybridized carbons (Fsp3) is 0.100. The summed E-state index contributed by atoms with van der Waals surface area (Å²) in [5.74, 6) is 2.06. The Bertz CT molecular complexity index is 480. The van der Waals surface area contributed by atoms with Crippen LogP contribution in [0.25, 0.3) is 0 Å². The third-order valence-electron chi connectivity index (χ3n) is 1.62. The van der Waals surface area contributed by atoms with Crippen LogP contribution in [0.3, 0.4) is 0 Å². The summed E-state index contributed by atoms with van der Waals surface area (Å²) in [5, 5.41) is 10.3. The third kappa shape index (κ3) is 2.60. The van der Waals surface area contributed by atoms with E-state index in [2.05, 4.69) is 11.8 Å². The number of hydrogen-bond acceptors (Lipinski definition) is 3. The van der Waals surface area contributed by atoms with Crippen LogP contribution in [0.4, 0.5) is 14.5 Å². The van der Waals surface area contributed by atoms with E-state index in [0.29, 0.717) is 6.29 Å². The fourth-order valence-corrected chi connectivity index (χ4v) is 1.01. The lowest BCUT2D eigenvalue weighted by Crippen LogP contribution is -1.97. The molecule has 0 spiro atoms. The number of aldehydes is 1. The van der Waals surface area contributed by atoms with Crippen LogP contribution in [0.1, 0.15) is 12.0 Å². The molecule has 0 aliphatic heterocycles. The summed E-state index contributed by atoms with van der Waals surface area (Å²) in [6.45, 7) is 0. The summed E-state index contributed by atoms with van der Waals surface area (Å²) >= 11 is 0. The minimum atomic E-state index is -1.29. The lowest BCUT2D eigenvalue weighted by atomic mass is 10.2. The molecule has 1 rings (SSSR count). The van der Waals surface area contributed by atoms with Crippen LogP contribution in [0.5, 0.6) is 0 Å². The molecule has 0 aliphatic carbocycles. The van der Waals surface area contributed by atoms with Crippen molar-refractivity contribution in [3.8, 4) is 11.8 Å². The molecule has 6 heteroatoms. The van der Waals surface area contributed by atoms with Crippen molar-refractivity contribution < 1.29 is 18.5 Å². The highest BCUT2D eigenvalue weighted by Crippen LogP contribution is 2.22. The van der Waals surface area contributed by atoms with Gasteiger partial charge in [0.1, 0.15) is 6.29 Å². The molecule has 82 valence electrons. The number of benzene rings is 1. The van der Waals surface area contributed by atoms with E-state index >= 15 is 0 Å². The molecule has 4 nitrogen and oxygen atoms in total. The van der Waals surface area contributed by atoms with Crippen molar-refractivity contribution in [2.45, 2.75) is 6.42 Å². The number of hydrogen-bond donors (Lipinski definition) is 0. The number of nitro benzene ring substituents is 1. The summed E-state index contributed by atoms with van der Waals surface area (Å²) in [5.41, 5.74) is -1.26. The van der Waals surface area contributed by atoms with E-state index < -0.39 is 22.2 Å². The molecule has 0 unspecified atom stereocenters. The highest BCUT2D eigenvalue weighted by Gasteiger charge is 2.21. The summed E-state index contributed by atoms with van der Waals surface area (Å²) < 4.78 is 26.1. The molecular weight excluding hydrogens is 220 g/mol. The smallest absolute Gasteiger partial charge is 0.302 e. The molecule has 0 aliphatic rings. The molecule has 1 aromatic rings. The first-order chi connectivity index (χ1) is 7.56. The Balaban J connectivity index is 3.16. The highest BCUT2D eigenvalue weighted by atomic mass is 19.1. The van der Waals surface area contributed by atoms with E-state index in [9.17, 15) is 23.7 Å². The van der Waals surface area contributed by atoms with Gasteiger partial charge in [-0.05, 0) is 12.1 Å². The zero-order valence-corrected chi connectivity index (χ0v) is 7.87. The number of nitrogens with zero attached hydrogens (tertiary/aromatic N) is 1. The monoisotopic (exact) mass is 225 g/mol. The van der Waals surface area contributed by atoms with Gasteiger partial charge in [0.05, 0.1) is 11.3 Å². The maximum absolute atomic E-state index is 13.1. The van der Waals surface area contributed by atoms with Crippen LogP contribution in [0.2, 0.25) is 0 Å². The fourth-order valence-electron chi connectivity index (χ4n) is 1.01. The van der Waals surface area contributed by atoms with Crippen LogP contribution in [-0.4, -0.2) is 11.2 Å². The molecule has 0 radical (unpaired) electrons. The second kappa shape index (κ2) is 4.98. The Morgan fingerprint density at radius 2 is 1.94 bits per heavy atom. The molecule has 0 saturated carbocycles. The number of rotatable bonds is 2. The Morgan fingerprint density at radius 3 is 2.38 bits per heavy atom. The SMILES string of the molecule is O=CCC#Cc1cc(F)c([N+](=O)[O-])c(F)c1. The Kier molecular flexibility index (Phi) is 3.67. The van der Waals surface area contributed by atoms with Crippen LogP contribution >= 0.6 is 0 Å². The summed E-state index contributed by atoms with van der Waals surface area (Å²) in [7, 11) is 0. The average Bonchev–Trinajstić information content (AvgIpc) is 2.16. The van der Waals surface area contributed by atoms with Gasteiger partial charge < -0.3 is 4.79 Å². The van der Waals surface area contributed by atoms with Crippen molar-refractivity contribution in [1.29, 1.82) is 0 Å². The molecule has 0 aromatic heterocycles. The maximum Gasteiger partial charge on any atom is 0.340 e. The summed E-state index contributed by atoms with van der Waals surface area (Å²) in [6.07, 6.45) is 0.464. The standard InChI is InChI=1S/C10H5F2NO3/c11-8-5-7(3-1-2-4-14)6-9(12)10(8)13(15)16/h4-6H,2H2. The second-order valence-electron chi connectivity index (χ2n) is 2.72. The number of nitro groups is 1. The van der Waals surface area contributed by atoms with Gasteiger partial charge in [-0.15, -0.1) is 0 Å². The summed E-state index contributed by atoms with van der Waals surface area (Å²) in [4.78, 5) is 19.0. The van der Waals surface area contributed by atoms with Gasteiger partial charge in [-0.3, -0.25) is 10.1 Å². The molecule has 0 amide bonds. The normalized spacial score (nSPS) is 9.12. The zero-order valence-electron chi connectivity index (χ0n) is 7.87. The quantitative estimate of drug-likeness (QED) is 0.334.